The molecular formula is C12H15N3O. The van der Waals surface area contributed by atoms with E-state index in [2.05, 4.69) is 22.2 Å². The van der Waals surface area contributed by atoms with Crippen LogP contribution in [0.4, 0.5) is 0 Å². The SMILES string of the molecule is CNC(C)Cc1cnc(-c2ccncc2)o1. The Kier molecular flexibility index (Phi) is 3.31. The first-order valence-corrected chi connectivity index (χ1v) is 5.32. The van der Waals surface area contributed by atoms with Gasteiger partial charge in [-0.1, -0.05) is 0 Å². The van der Waals surface area contributed by atoms with Gasteiger partial charge in [-0.05, 0) is 26.1 Å². The van der Waals surface area contributed by atoms with Crippen LogP contribution in [0.1, 0.15) is 12.7 Å². The predicted octanol–water partition coefficient (Wildman–Crippen LogP) is 1.89. The molecular weight excluding hydrogens is 202 g/mol. The quantitative estimate of drug-likeness (QED) is 0.849. The van der Waals surface area contributed by atoms with Crippen LogP contribution in [0, 0.1) is 0 Å². The summed E-state index contributed by atoms with van der Waals surface area (Å²) in [5.74, 6) is 1.55. The largest absolute Gasteiger partial charge is 0.441 e. The van der Waals surface area contributed by atoms with Crippen molar-refractivity contribution in [1.82, 2.24) is 15.3 Å². The van der Waals surface area contributed by atoms with Crippen LogP contribution in [0.5, 0.6) is 0 Å². The van der Waals surface area contributed by atoms with Gasteiger partial charge < -0.3 is 9.73 Å². The third-order valence-corrected chi connectivity index (χ3v) is 2.48. The van der Waals surface area contributed by atoms with Crippen LogP contribution in [0.25, 0.3) is 11.5 Å². The molecule has 0 aliphatic heterocycles. The van der Waals surface area contributed by atoms with Crippen molar-refractivity contribution in [3.05, 3.63) is 36.5 Å². The Balaban J connectivity index is 2.14. The molecule has 1 atom stereocenters. The molecule has 1 unspecified atom stereocenters. The van der Waals surface area contributed by atoms with E-state index in [4.69, 9.17) is 4.42 Å². The minimum atomic E-state index is 0.387. The van der Waals surface area contributed by atoms with Crippen molar-refractivity contribution in [3.63, 3.8) is 0 Å². The standard InChI is InChI=1S/C12H15N3O/c1-9(13-2)7-11-8-15-12(16-11)10-3-5-14-6-4-10/h3-6,8-9,13H,7H2,1-2H3. The summed E-state index contributed by atoms with van der Waals surface area (Å²) in [7, 11) is 1.94. The summed E-state index contributed by atoms with van der Waals surface area (Å²) in [5, 5.41) is 3.16. The molecule has 0 aromatic carbocycles. The molecule has 1 N–H and O–H groups in total. The second-order valence-electron chi connectivity index (χ2n) is 3.76. The van der Waals surface area contributed by atoms with Gasteiger partial charge in [0, 0.05) is 30.4 Å². The second kappa shape index (κ2) is 4.90. The summed E-state index contributed by atoms with van der Waals surface area (Å²) in [6.45, 7) is 2.11. The van der Waals surface area contributed by atoms with Crippen LogP contribution in [-0.2, 0) is 6.42 Å². The molecule has 0 aliphatic rings. The maximum absolute atomic E-state index is 5.66. The van der Waals surface area contributed by atoms with Gasteiger partial charge in [0.2, 0.25) is 5.89 Å². The van der Waals surface area contributed by atoms with Crippen molar-refractivity contribution in [3.8, 4) is 11.5 Å². The number of nitrogens with one attached hydrogen (secondary N) is 1. The Labute approximate surface area is 94.7 Å². The average molecular weight is 217 g/mol. The molecule has 84 valence electrons. The Morgan fingerprint density at radius 3 is 2.81 bits per heavy atom. The van der Waals surface area contributed by atoms with E-state index in [9.17, 15) is 0 Å². The van der Waals surface area contributed by atoms with Crippen molar-refractivity contribution in [2.75, 3.05) is 7.05 Å². The Morgan fingerprint density at radius 2 is 2.12 bits per heavy atom. The van der Waals surface area contributed by atoms with Crippen LogP contribution in [0.3, 0.4) is 0 Å². The fraction of sp³-hybridized carbons (Fsp3) is 0.333. The molecule has 2 heterocycles. The third-order valence-electron chi connectivity index (χ3n) is 2.48. The molecule has 0 saturated heterocycles. The normalized spacial score (nSPS) is 12.6. The van der Waals surface area contributed by atoms with Gasteiger partial charge in [0.1, 0.15) is 5.76 Å². The number of nitrogens with zero attached hydrogens (tertiary/aromatic N) is 2. The first-order chi connectivity index (χ1) is 7.79. The monoisotopic (exact) mass is 217 g/mol. The van der Waals surface area contributed by atoms with Gasteiger partial charge in [-0.15, -0.1) is 0 Å². The molecule has 2 aromatic heterocycles. The lowest BCUT2D eigenvalue weighted by atomic mass is 10.2. The predicted molar refractivity (Wildman–Crippen MR) is 62.0 cm³/mol. The number of aromatic nitrogens is 2. The zero-order chi connectivity index (χ0) is 11.4. The van der Waals surface area contributed by atoms with Crippen molar-refractivity contribution in [2.24, 2.45) is 0 Å². The molecule has 0 radical (unpaired) electrons. The maximum atomic E-state index is 5.66. The molecule has 0 fully saturated rings. The molecule has 2 aromatic rings. The molecule has 0 bridgehead atoms. The zero-order valence-electron chi connectivity index (χ0n) is 9.47. The Hall–Kier alpha value is -1.68. The Morgan fingerprint density at radius 1 is 1.38 bits per heavy atom. The van der Waals surface area contributed by atoms with Crippen LogP contribution in [0.2, 0.25) is 0 Å². The van der Waals surface area contributed by atoms with E-state index in [1.165, 1.54) is 0 Å². The molecule has 4 heteroatoms. The number of likely N-dealkylation sites (N-methyl/N-ethyl adjacent to an activating group) is 1. The van der Waals surface area contributed by atoms with E-state index in [1.807, 2.05) is 19.2 Å². The number of rotatable bonds is 4. The number of pyridine rings is 1. The highest BCUT2D eigenvalue weighted by atomic mass is 16.4. The minimum absolute atomic E-state index is 0.387. The van der Waals surface area contributed by atoms with Crippen LogP contribution in [0.15, 0.2) is 35.1 Å². The third kappa shape index (κ3) is 2.46. The van der Waals surface area contributed by atoms with Crippen molar-refractivity contribution >= 4 is 0 Å². The maximum Gasteiger partial charge on any atom is 0.226 e. The first kappa shape index (κ1) is 10.8. The fourth-order valence-electron chi connectivity index (χ4n) is 1.43. The molecule has 2 rings (SSSR count). The number of hydrogen-bond acceptors (Lipinski definition) is 4. The van der Waals surface area contributed by atoms with Gasteiger partial charge in [0.25, 0.3) is 0 Å². The summed E-state index contributed by atoms with van der Waals surface area (Å²) >= 11 is 0. The summed E-state index contributed by atoms with van der Waals surface area (Å²) in [6.07, 6.45) is 6.09. The lowest BCUT2D eigenvalue weighted by molar-refractivity contribution is 0.479. The molecule has 0 aliphatic carbocycles. The molecule has 4 nitrogen and oxygen atoms in total. The fourth-order valence-corrected chi connectivity index (χ4v) is 1.43. The van der Waals surface area contributed by atoms with Crippen molar-refractivity contribution < 1.29 is 4.42 Å². The van der Waals surface area contributed by atoms with E-state index < -0.39 is 0 Å². The highest BCUT2D eigenvalue weighted by molar-refractivity contribution is 5.51. The molecule has 0 saturated carbocycles. The topological polar surface area (TPSA) is 51.0 Å². The van der Waals surface area contributed by atoms with E-state index in [0.717, 1.165) is 17.7 Å². The molecule has 0 spiro atoms. The lowest BCUT2D eigenvalue weighted by Crippen LogP contribution is -2.23. The summed E-state index contributed by atoms with van der Waals surface area (Å²) in [6, 6.07) is 4.16. The van der Waals surface area contributed by atoms with Gasteiger partial charge in [0.15, 0.2) is 0 Å². The summed E-state index contributed by atoms with van der Waals surface area (Å²) in [4.78, 5) is 8.21. The van der Waals surface area contributed by atoms with Crippen LogP contribution >= 0.6 is 0 Å². The van der Waals surface area contributed by atoms with Crippen molar-refractivity contribution in [2.45, 2.75) is 19.4 Å². The van der Waals surface area contributed by atoms with Gasteiger partial charge in [-0.25, -0.2) is 4.98 Å². The lowest BCUT2D eigenvalue weighted by Gasteiger charge is -2.05. The number of oxazole rings is 1. The van der Waals surface area contributed by atoms with Gasteiger partial charge in [0.05, 0.1) is 6.20 Å². The average Bonchev–Trinajstić information content (AvgIpc) is 2.78. The van der Waals surface area contributed by atoms with Crippen LogP contribution < -0.4 is 5.32 Å². The van der Waals surface area contributed by atoms with Gasteiger partial charge in [-0.3, -0.25) is 4.98 Å². The first-order valence-electron chi connectivity index (χ1n) is 5.32. The van der Waals surface area contributed by atoms with E-state index in [-0.39, 0.29) is 0 Å². The highest BCUT2D eigenvalue weighted by Gasteiger charge is 2.08. The summed E-state index contributed by atoms with van der Waals surface area (Å²) in [5.41, 5.74) is 0.957. The highest BCUT2D eigenvalue weighted by Crippen LogP contribution is 2.18. The Bertz CT molecular complexity index is 439. The minimum Gasteiger partial charge on any atom is -0.441 e. The second-order valence-corrected chi connectivity index (χ2v) is 3.76. The number of hydrogen-bond donors (Lipinski definition) is 1. The van der Waals surface area contributed by atoms with Crippen LogP contribution in [-0.4, -0.2) is 23.1 Å². The molecule has 16 heavy (non-hydrogen) atoms. The smallest absolute Gasteiger partial charge is 0.226 e. The molecule has 0 amide bonds. The van der Waals surface area contributed by atoms with Gasteiger partial charge in [-0.2, -0.15) is 0 Å². The van der Waals surface area contributed by atoms with Gasteiger partial charge >= 0.3 is 0 Å². The van der Waals surface area contributed by atoms with E-state index in [0.29, 0.717) is 11.9 Å². The van der Waals surface area contributed by atoms with E-state index >= 15 is 0 Å². The van der Waals surface area contributed by atoms with Crippen molar-refractivity contribution in [1.29, 1.82) is 0 Å². The zero-order valence-corrected chi connectivity index (χ0v) is 9.47. The summed E-state index contributed by atoms with van der Waals surface area (Å²) < 4.78 is 5.66. The van der Waals surface area contributed by atoms with E-state index in [1.54, 1.807) is 18.6 Å².